The maximum absolute atomic E-state index is 14.2. The predicted octanol–water partition coefficient (Wildman–Crippen LogP) is 6.23. The third-order valence-corrected chi connectivity index (χ3v) is 7.97. The third-order valence-electron chi connectivity index (χ3n) is 7.97. The van der Waals surface area contributed by atoms with Gasteiger partial charge in [-0.3, -0.25) is 15.0 Å². The van der Waals surface area contributed by atoms with Gasteiger partial charge in [-0.15, -0.1) is 0 Å². The van der Waals surface area contributed by atoms with Crippen LogP contribution in [0.2, 0.25) is 0 Å². The first-order valence-electron chi connectivity index (χ1n) is 15.7. The number of morpholine rings is 1. The van der Waals surface area contributed by atoms with Crippen molar-refractivity contribution in [1.82, 2.24) is 19.7 Å². The van der Waals surface area contributed by atoms with Crippen molar-refractivity contribution in [2.24, 2.45) is 0 Å². The number of aromatic nitrogens is 3. The van der Waals surface area contributed by atoms with Gasteiger partial charge in [-0.2, -0.15) is 18.3 Å². The van der Waals surface area contributed by atoms with Crippen LogP contribution in [0.5, 0.6) is 17.2 Å². The number of alkyl halides is 3. The zero-order chi connectivity index (χ0) is 34.8. The third kappa shape index (κ3) is 8.12. The average molecular weight is 680 g/mol. The number of halogens is 3. The van der Waals surface area contributed by atoms with Crippen molar-refractivity contribution < 1.29 is 37.0 Å². The molecule has 2 aromatic carbocycles. The lowest BCUT2D eigenvalue weighted by molar-refractivity contribution is -0.137. The molecular formula is C34H36F3N7O5. The first-order valence-corrected chi connectivity index (χ1v) is 15.7. The van der Waals surface area contributed by atoms with E-state index in [1.165, 1.54) is 18.3 Å². The molecule has 1 fully saturated rings. The molecule has 3 N–H and O–H groups in total. The van der Waals surface area contributed by atoms with Gasteiger partial charge in [-0.1, -0.05) is 32.9 Å². The molecule has 2 aromatic heterocycles. The average Bonchev–Trinajstić information content (AvgIpc) is 3.49. The van der Waals surface area contributed by atoms with Gasteiger partial charge in [0.2, 0.25) is 5.75 Å². The number of hydrogen-bond donors (Lipinski definition) is 3. The van der Waals surface area contributed by atoms with Crippen molar-refractivity contribution in [3.05, 3.63) is 77.6 Å². The molecule has 0 radical (unpaired) electrons. The molecule has 0 spiro atoms. The summed E-state index contributed by atoms with van der Waals surface area (Å²) in [6.07, 6.45) is -2.65. The first kappa shape index (κ1) is 33.7. The Hall–Kier alpha value is -5.15. The summed E-state index contributed by atoms with van der Waals surface area (Å²) in [5.41, 5.74) is 0.512. The standard InChI is InChI=1S/C34H36F3N7O5/c1-33(2,3)27-19-28(44(42-27)22-6-4-21(5-7-22)11-13-43-14-16-47-17-15-43)40-32(46)39-25-9-8-23(18-24(25)34(35,36)37)49-26-10-12-38-31-30(26)48-20-29(45)41-31/h4-10,12,18-19H,11,13-17,20H2,1-3H3,(H,38,41,45)(H2,39,40,46). The summed E-state index contributed by atoms with van der Waals surface area (Å²) in [4.78, 5) is 31.2. The van der Waals surface area contributed by atoms with Gasteiger partial charge in [0, 0.05) is 43.4 Å². The molecule has 49 heavy (non-hydrogen) atoms. The zero-order valence-corrected chi connectivity index (χ0v) is 27.2. The number of benzene rings is 2. The van der Waals surface area contributed by atoms with Crippen LogP contribution in [0.1, 0.15) is 37.6 Å². The molecule has 2 aliphatic rings. The fraction of sp³-hybridized carbons (Fsp3) is 0.353. The Balaban J connectivity index is 1.19. The minimum absolute atomic E-state index is 0.0598. The van der Waals surface area contributed by atoms with Crippen molar-refractivity contribution >= 4 is 29.3 Å². The van der Waals surface area contributed by atoms with Crippen LogP contribution < -0.4 is 25.4 Å². The Kier molecular flexibility index (Phi) is 9.48. The normalized spacial score (nSPS) is 15.2. The number of fused-ring (bicyclic) bond motifs is 1. The number of anilines is 3. The summed E-state index contributed by atoms with van der Waals surface area (Å²) in [6.45, 7) is 9.83. The molecule has 15 heteroatoms. The van der Waals surface area contributed by atoms with Crippen LogP contribution >= 0.6 is 0 Å². The summed E-state index contributed by atoms with van der Waals surface area (Å²) in [5, 5.41) is 12.2. The van der Waals surface area contributed by atoms with E-state index in [2.05, 4.69) is 25.8 Å². The Morgan fingerprint density at radius 3 is 2.49 bits per heavy atom. The van der Waals surface area contributed by atoms with Crippen molar-refractivity contribution in [3.63, 3.8) is 0 Å². The van der Waals surface area contributed by atoms with Crippen LogP contribution in [0.3, 0.4) is 0 Å². The lowest BCUT2D eigenvalue weighted by Gasteiger charge is -2.26. The smallest absolute Gasteiger partial charge is 0.418 e. The second kappa shape index (κ2) is 13.8. The van der Waals surface area contributed by atoms with Gasteiger partial charge < -0.3 is 24.8 Å². The Labute approximate surface area is 280 Å². The van der Waals surface area contributed by atoms with Crippen LogP contribution in [-0.4, -0.2) is 71.1 Å². The molecule has 4 heterocycles. The van der Waals surface area contributed by atoms with Gasteiger partial charge in [0.25, 0.3) is 5.91 Å². The van der Waals surface area contributed by atoms with Gasteiger partial charge in [-0.25, -0.2) is 14.5 Å². The Morgan fingerprint density at radius 1 is 1.02 bits per heavy atom. The number of carbonyl (C=O) groups is 2. The molecule has 12 nitrogen and oxygen atoms in total. The van der Waals surface area contributed by atoms with Gasteiger partial charge in [-0.05, 0) is 42.3 Å². The summed E-state index contributed by atoms with van der Waals surface area (Å²) in [7, 11) is 0. The highest BCUT2D eigenvalue weighted by Gasteiger charge is 2.35. The highest BCUT2D eigenvalue weighted by atomic mass is 19.4. The highest BCUT2D eigenvalue weighted by molar-refractivity contribution is 6.00. The Morgan fingerprint density at radius 2 is 1.78 bits per heavy atom. The van der Waals surface area contributed by atoms with Crippen LogP contribution in [0, 0.1) is 0 Å². The minimum Gasteiger partial charge on any atom is -0.476 e. The zero-order valence-electron chi connectivity index (χ0n) is 27.2. The topological polar surface area (TPSA) is 132 Å². The molecule has 3 amide bonds. The Bertz CT molecular complexity index is 1830. The molecule has 0 unspecified atom stereocenters. The van der Waals surface area contributed by atoms with Crippen molar-refractivity contribution in [3.8, 4) is 22.9 Å². The van der Waals surface area contributed by atoms with E-state index in [0.29, 0.717) is 11.4 Å². The van der Waals surface area contributed by atoms with E-state index >= 15 is 0 Å². The number of nitrogens with zero attached hydrogens (tertiary/aromatic N) is 4. The van der Waals surface area contributed by atoms with E-state index in [-0.39, 0.29) is 40.9 Å². The number of hydrogen-bond acceptors (Lipinski definition) is 8. The molecule has 1 saturated heterocycles. The number of nitrogens with one attached hydrogen (secondary N) is 3. The second-order valence-corrected chi connectivity index (χ2v) is 12.7. The number of urea groups is 1. The predicted molar refractivity (Wildman–Crippen MR) is 176 cm³/mol. The van der Waals surface area contributed by atoms with E-state index < -0.39 is 29.4 Å². The van der Waals surface area contributed by atoms with Gasteiger partial charge in [0.1, 0.15) is 11.6 Å². The number of amides is 3. The summed E-state index contributed by atoms with van der Waals surface area (Å²) in [5.74, 6) is -0.0694. The number of carbonyl (C=O) groups excluding carboxylic acids is 2. The quantitative estimate of drug-likeness (QED) is 0.200. The van der Waals surface area contributed by atoms with Crippen molar-refractivity contribution in [2.45, 2.75) is 38.8 Å². The van der Waals surface area contributed by atoms with E-state index in [4.69, 9.17) is 19.3 Å². The van der Waals surface area contributed by atoms with Gasteiger partial charge >= 0.3 is 12.2 Å². The fourth-order valence-electron chi connectivity index (χ4n) is 5.32. The maximum atomic E-state index is 14.2. The molecule has 0 bridgehead atoms. The molecule has 258 valence electrons. The van der Waals surface area contributed by atoms with E-state index in [0.717, 1.165) is 57.0 Å². The number of pyridine rings is 1. The first-order chi connectivity index (χ1) is 23.3. The van der Waals surface area contributed by atoms with Crippen LogP contribution in [-0.2, 0) is 27.5 Å². The highest BCUT2D eigenvalue weighted by Crippen LogP contribution is 2.41. The van der Waals surface area contributed by atoms with Crippen LogP contribution in [0.15, 0.2) is 60.8 Å². The molecule has 6 rings (SSSR count). The van der Waals surface area contributed by atoms with E-state index in [1.54, 1.807) is 10.7 Å². The molecule has 0 aliphatic carbocycles. The largest absolute Gasteiger partial charge is 0.476 e. The molecule has 0 saturated carbocycles. The van der Waals surface area contributed by atoms with Gasteiger partial charge in [0.05, 0.1) is 35.8 Å². The summed E-state index contributed by atoms with van der Waals surface area (Å²) < 4.78 is 60.8. The number of ether oxygens (including phenoxy) is 3. The molecule has 4 aromatic rings. The molecule has 0 atom stereocenters. The molecular weight excluding hydrogens is 643 g/mol. The summed E-state index contributed by atoms with van der Waals surface area (Å²) in [6, 6.07) is 13.2. The maximum Gasteiger partial charge on any atom is 0.418 e. The van der Waals surface area contributed by atoms with E-state index in [1.807, 2.05) is 45.0 Å². The minimum atomic E-state index is -4.84. The lowest BCUT2D eigenvalue weighted by atomic mass is 9.92. The van der Waals surface area contributed by atoms with Crippen molar-refractivity contribution in [2.75, 3.05) is 55.4 Å². The SMILES string of the molecule is CC(C)(C)c1cc(NC(=O)Nc2ccc(Oc3ccnc4c3OCC(=O)N4)cc2C(F)(F)F)n(-c2ccc(CCN3CCOCC3)cc2)n1. The van der Waals surface area contributed by atoms with Crippen LogP contribution in [0.25, 0.3) is 5.69 Å². The lowest BCUT2D eigenvalue weighted by Crippen LogP contribution is -2.37. The van der Waals surface area contributed by atoms with Crippen molar-refractivity contribution in [1.29, 1.82) is 0 Å². The number of rotatable bonds is 8. The van der Waals surface area contributed by atoms with Crippen LogP contribution in [0.4, 0.5) is 35.3 Å². The molecule has 2 aliphatic heterocycles. The summed E-state index contributed by atoms with van der Waals surface area (Å²) >= 11 is 0. The fourth-order valence-corrected chi connectivity index (χ4v) is 5.32. The second-order valence-electron chi connectivity index (χ2n) is 12.7. The van der Waals surface area contributed by atoms with Gasteiger partial charge in [0.15, 0.2) is 18.2 Å². The van der Waals surface area contributed by atoms with E-state index in [9.17, 15) is 22.8 Å². The monoisotopic (exact) mass is 679 g/mol.